The molecule has 112 valence electrons. The van der Waals surface area contributed by atoms with Crippen molar-refractivity contribution in [3.8, 4) is 5.75 Å². The van der Waals surface area contributed by atoms with Gasteiger partial charge in [-0.1, -0.05) is 42.3 Å². The highest BCUT2D eigenvalue weighted by Gasteiger charge is 2.16. The average Bonchev–Trinajstić information content (AvgIpc) is 2.50. The number of ether oxygens (including phenoxy) is 1. The molecule has 0 aliphatic heterocycles. The van der Waals surface area contributed by atoms with E-state index in [4.69, 9.17) is 33.8 Å². The van der Waals surface area contributed by atoms with Crippen molar-refractivity contribution in [2.45, 2.75) is 19.4 Å². The van der Waals surface area contributed by atoms with E-state index in [1.54, 1.807) is 12.1 Å². The minimum Gasteiger partial charge on any atom is -0.494 e. The van der Waals surface area contributed by atoms with E-state index in [1.807, 2.05) is 30.3 Å². The molecule has 0 amide bonds. The highest BCUT2D eigenvalue weighted by molar-refractivity contribution is 6.33. The molecule has 0 aliphatic carbocycles. The fraction of sp³-hybridized carbons (Fsp3) is 0.250. The largest absolute Gasteiger partial charge is 0.494 e. The summed E-state index contributed by atoms with van der Waals surface area (Å²) in [4.78, 5) is 0. The minimum atomic E-state index is -0.226. The van der Waals surface area contributed by atoms with Crippen LogP contribution < -0.4 is 16.0 Å². The molecule has 21 heavy (non-hydrogen) atoms. The van der Waals surface area contributed by atoms with Gasteiger partial charge in [-0.3, -0.25) is 5.84 Å². The summed E-state index contributed by atoms with van der Waals surface area (Å²) in [5, 5.41) is 1.24. The molecule has 5 heteroatoms. The summed E-state index contributed by atoms with van der Waals surface area (Å²) in [6, 6.07) is 12.9. The first-order chi connectivity index (χ1) is 10.2. The Kier molecular flexibility index (Phi) is 5.88. The molecule has 1 atom stereocenters. The van der Waals surface area contributed by atoms with Crippen molar-refractivity contribution in [2.24, 2.45) is 5.84 Å². The number of nitrogens with two attached hydrogens (primary N) is 1. The first-order valence-corrected chi connectivity index (χ1v) is 7.55. The minimum absolute atomic E-state index is 0.226. The maximum Gasteiger partial charge on any atom is 0.119 e. The molecule has 2 aromatic carbocycles. The van der Waals surface area contributed by atoms with Gasteiger partial charge in [0.05, 0.1) is 12.6 Å². The van der Waals surface area contributed by atoms with Gasteiger partial charge >= 0.3 is 0 Å². The van der Waals surface area contributed by atoms with Crippen LogP contribution in [0.4, 0.5) is 0 Å². The summed E-state index contributed by atoms with van der Waals surface area (Å²) in [7, 11) is 0. The molecule has 0 aromatic heterocycles. The van der Waals surface area contributed by atoms with Crippen LogP contribution in [-0.4, -0.2) is 6.61 Å². The fourth-order valence-corrected chi connectivity index (χ4v) is 2.49. The van der Waals surface area contributed by atoms with E-state index in [1.165, 1.54) is 0 Å². The van der Waals surface area contributed by atoms with E-state index in [0.717, 1.165) is 23.3 Å². The number of hydrogen-bond donors (Lipinski definition) is 2. The zero-order valence-corrected chi connectivity index (χ0v) is 13.3. The van der Waals surface area contributed by atoms with Crippen molar-refractivity contribution in [2.75, 3.05) is 6.61 Å². The highest BCUT2D eigenvalue weighted by Crippen LogP contribution is 2.31. The molecule has 1 unspecified atom stereocenters. The summed E-state index contributed by atoms with van der Waals surface area (Å²) in [6.45, 7) is 2.78. The van der Waals surface area contributed by atoms with Gasteiger partial charge in [0.25, 0.3) is 0 Å². The van der Waals surface area contributed by atoms with Crippen molar-refractivity contribution < 1.29 is 4.74 Å². The number of nitrogens with one attached hydrogen (secondary N) is 1. The van der Waals surface area contributed by atoms with Gasteiger partial charge in [0, 0.05) is 10.0 Å². The lowest BCUT2D eigenvalue weighted by atomic mass is 9.99. The number of halogens is 2. The number of hydrazine groups is 1. The Morgan fingerprint density at radius 1 is 1.14 bits per heavy atom. The van der Waals surface area contributed by atoms with Crippen molar-refractivity contribution in [1.29, 1.82) is 0 Å². The van der Waals surface area contributed by atoms with Gasteiger partial charge in [-0.05, 0) is 47.9 Å². The Hall–Kier alpha value is -1.26. The van der Waals surface area contributed by atoms with Crippen molar-refractivity contribution >= 4 is 23.2 Å². The van der Waals surface area contributed by atoms with E-state index in [9.17, 15) is 0 Å². The fourth-order valence-electron chi connectivity index (χ4n) is 2.08. The second-order valence-electron chi connectivity index (χ2n) is 4.68. The Morgan fingerprint density at radius 3 is 2.48 bits per heavy atom. The van der Waals surface area contributed by atoms with Gasteiger partial charge in [-0.25, -0.2) is 5.43 Å². The quantitative estimate of drug-likeness (QED) is 0.614. The molecule has 0 fully saturated rings. The molecule has 3 nitrogen and oxygen atoms in total. The van der Waals surface area contributed by atoms with E-state index >= 15 is 0 Å². The molecule has 2 aromatic rings. The van der Waals surface area contributed by atoms with Crippen LogP contribution in [0.1, 0.15) is 30.5 Å². The van der Waals surface area contributed by atoms with Crippen LogP contribution in [0.2, 0.25) is 10.0 Å². The molecular formula is C16H18Cl2N2O. The van der Waals surface area contributed by atoms with Crippen molar-refractivity contribution in [1.82, 2.24) is 5.43 Å². The third-order valence-electron chi connectivity index (χ3n) is 3.12. The molecule has 0 saturated heterocycles. The molecular weight excluding hydrogens is 307 g/mol. The molecule has 0 heterocycles. The Labute approximate surface area is 135 Å². The Morgan fingerprint density at radius 2 is 1.86 bits per heavy atom. The molecule has 0 radical (unpaired) electrons. The van der Waals surface area contributed by atoms with Crippen LogP contribution >= 0.6 is 23.2 Å². The predicted molar refractivity (Wildman–Crippen MR) is 87.9 cm³/mol. The van der Waals surface area contributed by atoms with Crippen LogP contribution in [0.25, 0.3) is 0 Å². The zero-order valence-electron chi connectivity index (χ0n) is 11.8. The maximum atomic E-state index is 6.24. The second-order valence-corrected chi connectivity index (χ2v) is 5.53. The molecule has 2 rings (SSSR count). The number of hydrogen-bond acceptors (Lipinski definition) is 3. The van der Waals surface area contributed by atoms with Crippen LogP contribution in [0, 0.1) is 0 Å². The third-order valence-corrected chi connectivity index (χ3v) is 3.70. The maximum absolute atomic E-state index is 6.24. The predicted octanol–water partition coefficient (Wildman–Crippen LogP) is 4.33. The molecule has 0 spiro atoms. The lowest BCUT2D eigenvalue weighted by Gasteiger charge is -2.19. The van der Waals surface area contributed by atoms with Gasteiger partial charge in [0.15, 0.2) is 0 Å². The summed E-state index contributed by atoms with van der Waals surface area (Å²) in [5.41, 5.74) is 4.61. The standard InChI is InChI=1S/C16H18Cl2N2O/c1-2-9-21-13-6-3-11(4-7-13)16(20-19)14-10-12(17)5-8-15(14)18/h3-8,10,16,20H,2,9,19H2,1H3. The van der Waals surface area contributed by atoms with Gasteiger partial charge < -0.3 is 4.74 Å². The van der Waals surface area contributed by atoms with Gasteiger partial charge in [-0.15, -0.1) is 0 Å². The zero-order chi connectivity index (χ0) is 15.2. The van der Waals surface area contributed by atoms with Crippen LogP contribution in [0.3, 0.4) is 0 Å². The topological polar surface area (TPSA) is 47.3 Å². The van der Waals surface area contributed by atoms with Crippen LogP contribution in [0.5, 0.6) is 5.75 Å². The first kappa shape index (κ1) is 16.1. The summed E-state index contributed by atoms with van der Waals surface area (Å²) in [6.07, 6.45) is 0.979. The first-order valence-electron chi connectivity index (χ1n) is 6.79. The normalized spacial score (nSPS) is 12.2. The van der Waals surface area contributed by atoms with E-state index in [0.29, 0.717) is 16.7 Å². The number of rotatable bonds is 6. The smallest absolute Gasteiger partial charge is 0.119 e. The monoisotopic (exact) mass is 324 g/mol. The second kappa shape index (κ2) is 7.66. The molecule has 0 saturated carbocycles. The van der Waals surface area contributed by atoms with Gasteiger partial charge in [-0.2, -0.15) is 0 Å². The van der Waals surface area contributed by atoms with Gasteiger partial charge in [0.2, 0.25) is 0 Å². The summed E-state index contributed by atoms with van der Waals surface area (Å²) in [5.74, 6) is 6.53. The van der Waals surface area contributed by atoms with E-state index < -0.39 is 0 Å². The molecule has 0 aliphatic rings. The third kappa shape index (κ3) is 4.11. The molecule has 0 bridgehead atoms. The average molecular weight is 325 g/mol. The Balaban J connectivity index is 2.26. The highest BCUT2D eigenvalue weighted by atomic mass is 35.5. The molecule has 3 N–H and O–H groups in total. The van der Waals surface area contributed by atoms with Crippen molar-refractivity contribution in [3.05, 3.63) is 63.6 Å². The lowest BCUT2D eigenvalue weighted by Crippen LogP contribution is -2.29. The van der Waals surface area contributed by atoms with E-state index in [-0.39, 0.29) is 6.04 Å². The van der Waals surface area contributed by atoms with Crippen LogP contribution in [-0.2, 0) is 0 Å². The van der Waals surface area contributed by atoms with Gasteiger partial charge in [0.1, 0.15) is 5.75 Å². The van der Waals surface area contributed by atoms with E-state index in [2.05, 4.69) is 12.3 Å². The summed E-state index contributed by atoms with van der Waals surface area (Å²) < 4.78 is 5.57. The Bertz CT molecular complexity index is 587. The SMILES string of the molecule is CCCOc1ccc(C(NN)c2cc(Cl)ccc2Cl)cc1. The summed E-state index contributed by atoms with van der Waals surface area (Å²) >= 11 is 12.3. The lowest BCUT2D eigenvalue weighted by molar-refractivity contribution is 0.317. The number of benzene rings is 2. The van der Waals surface area contributed by atoms with Crippen LogP contribution in [0.15, 0.2) is 42.5 Å². The van der Waals surface area contributed by atoms with Crippen molar-refractivity contribution in [3.63, 3.8) is 0 Å².